The molecule has 0 saturated heterocycles. The van der Waals surface area contributed by atoms with Gasteiger partial charge in [0.1, 0.15) is 17.0 Å². The summed E-state index contributed by atoms with van der Waals surface area (Å²) in [6.45, 7) is 0.0387. The van der Waals surface area contributed by atoms with Crippen molar-refractivity contribution in [3.63, 3.8) is 0 Å². The van der Waals surface area contributed by atoms with Crippen molar-refractivity contribution in [3.8, 4) is 11.6 Å². The van der Waals surface area contributed by atoms with Crippen molar-refractivity contribution >= 4 is 37.6 Å². The van der Waals surface area contributed by atoms with Gasteiger partial charge in [-0.25, -0.2) is 23.1 Å². The minimum atomic E-state index is -3.87. The molecule has 0 atom stereocenters. The van der Waals surface area contributed by atoms with Crippen molar-refractivity contribution in [3.05, 3.63) is 64.2 Å². The summed E-state index contributed by atoms with van der Waals surface area (Å²) in [5, 5.41) is 0.276. The fourth-order valence-electron chi connectivity index (χ4n) is 2.37. The number of hydrogen-bond donors (Lipinski definition) is 1. The molecule has 0 aliphatic heterocycles. The van der Waals surface area contributed by atoms with E-state index >= 15 is 0 Å². The molecular weight excluding hydrogens is 444 g/mol. The van der Waals surface area contributed by atoms with Crippen LogP contribution in [0.1, 0.15) is 5.56 Å². The van der Waals surface area contributed by atoms with Gasteiger partial charge in [0.15, 0.2) is 5.75 Å². The van der Waals surface area contributed by atoms with Crippen molar-refractivity contribution in [1.82, 2.24) is 19.3 Å². The summed E-state index contributed by atoms with van der Waals surface area (Å²) < 4.78 is 35.5. The lowest BCUT2D eigenvalue weighted by molar-refractivity contribution is 0.399. The number of pyridine rings is 1. The number of imidazole rings is 1. The van der Waals surface area contributed by atoms with Crippen LogP contribution in [0.25, 0.3) is 5.82 Å². The quantitative estimate of drug-likeness (QED) is 0.614. The highest BCUT2D eigenvalue weighted by atomic mass is 79.9. The highest BCUT2D eigenvalue weighted by molar-refractivity contribution is 9.10. The molecule has 7 nitrogen and oxygen atoms in total. The molecule has 1 N–H and O–H groups in total. The Morgan fingerprint density at radius 1 is 1.35 bits per heavy atom. The first kappa shape index (κ1) is 18.8. The van der Waals surface area contributed by atoms with E-state index < -0.39 is 10.0 Å². The number of rotatable bonds is 6. The number of hydrogen-bond acceptors (Lipinski definition) is 5. The van der Waals surface area contributed by atoms with Crippen LogP contribution in [-0.2, 0) is 16.6 Å². The molecule has 0 amide bonds. The molecule has 0 fully saturated rings. The maximum absolute atomic E-state index is 12.8. The summed E-state index contributed by atoms with van der Waals surface area (Å²) in [7, 11) is -2.48. The second-order valence-electron chi connectivity index (χ2n) is 5.20. The predicted octanol–water partition coefficient (Wildman–Crippen LogP) is 3.17. The number of ether oxygens (including phenoxy) is 1. The summed E-state index contributed by atoms with van der Waals surface area (Å²) >= 11 is 9.26. The molecule has 0 aliphatic carbocycles. The maximum Gasteiger partial charge on any atom is 0.244 e. The molecule has 3 rings (SSSR count). The van der Waals surface area contributed by atoms with Gasteiger partial charge in [0.25, 0.3) is 0 Å². The number of benzene rings is 1. The average Bonchev–Trinajstić information content (AvgIpc) is 3.14. The van der Waals surface area contributed by atoms with E-state index in [4.69, 9.17) is 16.3 Å². The van der Waals surface area contributed by atoms with Crippen molar-refractivity contribution < 1.29 is 13.2 Å². The molecule has 0 unspecified atom stereocenters. The standard InChI is InChI=1S/C16H14BrClN4O3S/c1-25-15-13(17)7-12(18)8-14(15)26(23,24)21-9-11-3-2-4-20-16(11)22-6-5-19-10-22/h2-8,10,21H,9H2,1H3. The van der Waals surface area contributed by atoms with Gasteiger partial charge in [-0.2, -0.15) is 0 Å². The molecule has 0 spiro atoms. The lowest BCUT2D eigenvalue weighted by Gasteiger charge is -2.14. The third kappa shape index (κ3) is 3.90. The van der Waals surface area contributed by atoms with Crippen LogP contribution in [0.15, 0.2) is 58.6 Å². The molecule has 3 aromatic rings. The monoisotopic (exact) mass is 456 g/mol. The van der Waals surface area contributed by atoms with E-state index in [9.17, 15) is 8.42 Å². The molecule has 10 heteroatoms. The Kier molecular flexibility index (Phi) is 5.61. The SMILES string of the molecule is COc1c(Br)cc(Cl)cc1S(=O)(=O)NCc1cccnc1-n1ccnc1. The predicted molar refractivity (Wildman–Crippen MR) is 101 cm³/mol. The van der Waals surface area contributed by atoms with Gasteiger partial charge in [-0.1, -0.05) is 17.7 Å². The third-order valence-corrected chi connectivity index (χ3v) is 5.75. The van der Waals surface area contributed by atoms with Gasteiger partial charge in [0.05, 0.1) is 11.6 Å². The minimum absolute atomic E-state index is 0.0387. The van der Waals surface area contributed by atoms with Crippen molar-refractivity contribution in [2.45, 2.75) is 11.4 Å². The Hall–Kier alpha value is -1.94. The summed E-state index contributed by atoms with van der Waals surface area (Å²) in [4.78, 5) is 8.23. The molecule has 0 aliphatic rings. The second kappa shape index (κ2) is 7.75. The van der Waals surface area contributed by atoms with E-state index in [1.165, 1.54) is 13.2 Å². The number of sulfonamides is 1. The first-order valence-corrected chi connectivity index (χ1v) is 10.0. The average molecular weight is 458 g/mol. The van der Waals surface area contributed by atoms with Gasteiger partial charge < -0.3 is 4.74 Å². The zero-order chi connectivity index (χ0) is 18.7. The Labute approximate surface area is 164 Å². The van der Waals surface area contributed by atoms with Crippen LogP contribution < -0.4 is 9.46 Å². The summed E-state index contributed by atoms with van der Waals surface area (Å²) in [6, 6.07) is 6.43. The van der Waals surface area contributed by atoms with E-state index in [-0.39, 0.29) is 22.2 Å². The van der Waals surface area contributed by atoms with Gasteiger partial charge in [-0.05, 0) is 34.1 Å². The number of nitrogens with zero attached hydrogens (tertiary/aromatic N) is 3. The molecule has 0 bridgehead atoms. The normalized spacial score (nSPS) is 11.5. The number of methoxy groups -OCH3 is 1. The fourth-order valence-corrected chi connectivity index (χ4v) is 4.76. The van der Waals surface area contributed by atoms with E-state index in [0.717, 1.165) is 0 Å². The largest absolute Gasteiger partial charge is 0.494 e. The van der Waals surface area contributed by atoms with Crippen molar-refractivity contribution in [2.75, 3.05) is 7.11 Å². The second-order valence-corrected chi connectivity index (χ2v) is 8.23. The van der Waals surface area contributed by atoms with Gasteiger partial charge in [0, 0.05) is 35.7 Å². The van der Waals surface area contributed by atoms with Crippen LogP contribution >= 0.6 is 27.5 Å². The Morgan fingerprint density at radius 3 is 2.85 bits per heavy atom. The zero-order valence-electron chi connectivity index (χ0n) is 13.6. The van der Waals surface area contributed by atoms with Crippen LogP contribution in [0.5, 0.6) is 5.75 Å². The number of nitrogens with one attached hydrogen (secondary N) is 1. The topological polar surface area (TPSA) is 86.1 Å². The van der Waals surface area contributed by atoms with Crippen molar-refractivity contribution in [2.24, 2.45) is 0 Å². The summed E-state index contributed by atoms with van der Waals surface area (Å²) in [5.74, 6) is 0.773. The van der Waals surface area contributed by atoms with Crippen molar-refractivity contribution in [1.29, 1.82) is 0 Å². The van der Waals surface area contributed by atoms with Crippen LogP contribution in [-0.4, -0.2) is 30.1 Å². The Balaban J connectivity index is 1.92. The molecule has 136 valence electrons. The smallest absolute Gasteiger partial charge is 0.244 e. The molecule has 2 aromatic heterocycles. The molecule has 2 heterocycles. The van der Waals surface area contributed by atoms with Gasteiger partial charge in [-0.3, -0.25) is 4.57 Å². The third-order valence-electron chi connectivity index (χ3n) is 3.54. The summed E-state index contributed by atoms with van der Waals surface area (Å²) in [5.41, 5.74) is 0.689. The highest BCUT2D eigenvalue weighted by Gasteiger charge is 2.23. The van der Waals surface area contributed by atoms with E-state index in [1.54, 1.807) is 47.7 Å². The maximum atomic E-state index is 12.8. The fraction of sp³-hybridized carbons (Fsp3) is 0.125. The van der Waals surface area contributed by atoms with Crippen LogP contribution in [0.4, 0.5) is 0 Å². The van der Waals surface area contributed by atoms with Gasteiger partial charge >= 0.3 is 0 Å². The molecule has 1 aromatic carbocycles. The van der Waals surface area contributed by atoms with Crippen LogP contribution in [0.3, 0.4) is 0 Å². The molecular formula is C16H14BrClN4O3S. The van der Waals surface area contributed by atoms with E-state index in [1.807, 2.05) is 0 Å². The lowest BCUT2D eigenvalue weighted by atomic mass is 10.2. The zero-order valence-corrected chi connectivity index (χ0v) is 16.7. The number of halogens is 2. The molecule has 0 saturated carbocycles. The highest BCUT2D eigenvalue weighted by Crippen LogP contribution is 2.35. The van der Waals surface area contributed by atoms with Crippen LogP contribution in [0.2, 0.25) is 5.02 Å². The van der Waals surface area contributed by atoms with E-state index in [2.05, 4.69) is 30.6 Å². The summed E-state index contributed by atoms with van der Waals surface area (Å²) in [6.07, 6.45) is 6.58. The number of aromatic nitrogens is 3. The first-order chi connectivity index (χ1) is 12.4. The first-order valence-electron chi connectivity index (χ1n) is 7.37. The van der Waals surface area contributed by atoms with Crippen LogP contribution in [0, 0.1) is 0 Å². The Morgan fingerprint density at radius 2 is 2.15 bits per heavy atom. The van der Waals surface area contributed by atoms with Gasteiger partial charge in [0.2, 0.25) is 10.0 Å². The van der Waals surface area contributed by atoms with Gasteiger partial charge in [-0.15, -0.1) is 0 Å². The van der Waals surface area contributed by atoms with E-state index in [0.29, 0.717) is 15.9 Å². The minimum Gasteiger partial charge on any atom is -0.494 e. The lowest BCUT2D eigenvalue weighted by Crippen LogP contribution is -2.24. The Bertz CT molecular complexity index is 1030. The molecule has 26 heavy (non-hydrogen) atoms. The molecule has 0 radical (unpaired) electrons.